The van der Waals surface area contributed by atoms with Gasteiger partial charge >= 0.3 is 5.88 Å². The lowest BCUT2D eigenvalue weighted by atomic mass is 10.1. The van der Waals surface area contributed by atoms with Gasteiger partial charge in [-0.2, -0.15) is 0 Å². The third kappa shape index (κ3) is 3.94. The topological polar surface area (TPSA) is 113 Å². The van der Waals surface area contributed by atoms with Crippen LogP contribution in [0.15, 0.2) is 68.0 Å². The van der Waals surface area contributed by atoms with Crippen LogP contribution in [0.25, 0.3) is 11.8 Å². The molecule has 0 fully saturated rings. The van der Waals surface area contributed by atoms with E-state index in [1.54, 1.807) is 24.3 Å². The second-order valence-corrected chi connectivity index (χ2v) is 8.07. The fourth-order valence-corrected chi connectivity index (χ4v) is 3.86. The van der Waals surface area contributed by atoms with Gasteiger partial charge in [0.05, 0.1) is 11.4 Å². The molecule has 1 N–H and O–H groups in total. The Morgan fingerprint density at radius 2 is 2.23 bits per heavy atom. The summed E-state index contributed by atoms with van der Waals surface area (Å²) >= 11 is 4.77. The molecule has 3 heterocycles. The lowest BCUT2D eigenvalue weighted by Gasteiger charge is -2.32. The Kier molecular flexibility index (Phi) is 5.55. The second-order valence-electron chi connectivity index (χ2n) is 6.15. The molecule has 30 heavy (non-hydrogen) atoms. The van der Waals surface area contributed by atoms with Gasteiger partial charge in [0.15, 0.2) is 11.3 Å². The summed E-state index contributed by atoms with van der Waals surface area (Å²) in [6.45, 7) is 3.68. The highest BCUT2D eigenvalue weighted by Crippen LogP contribution is 2.23. The van der Waals surface area contributed by atoms with E-state index in [4.69, 9.17) is 4.42 Å². The van der Waals surface area contributed by atoms with Crippen LogP contribution in [-0.2, 0) is 4.79 Å². The molecule has 1 aromatic heterocycles. The van der Waals surface area contributed by atoms with Crippen molar-refractivity contribution in [3.8, 4) is 0 Å². The van der Waals surface area contributed by atoms with Crippen molar-refractivity contribution >= 4 is 56.4 Å². The first-order valence-electron chi connectivity index (χ1n) is 8.69. The molecule has 1 aromatic carbocycles. The van der Waals surface area contributed by atoms with Crippen molar-refractivity contribution in [2.45, 2.75) is 6.17 Å². The maximum absolute atomic E-state index is 12.9. The largest absolute Gasteiger partial charge is 0.433 e. The summed E-state index contributed by atoms with van der Waals surface area (Å²) in [6.07, 6.45) is 4.32. The summed E-state index contributed by atoms with van der Waals surface area (Å²) in [5.74, 6) is 0.235. The molecular weight excluding hydrogens is 474 g/mol. The number of nitrogens with zero attached hydrogens (tertiary/aromatic N) is 4. The van der Waals surface area contributed by atoms with E-state index in [1.807, 2.05) is 12.1 Å². The summed E-state index contributed by atoms with van der Waals surface area (Å²) in [6, 6.07) is 8.23. The van der Waals surface area contributed by atoms with Gasteiger partial charge in [0.25, 0.3) is 5.91 Å². The fraction of sp³-hybridized carbons (Fsp3) is 0.105. The average molecular weight is 488 g/mol. The van der Waals surface area contributed by atoms with Crippen LogP contribution in [-0.4, -0.2) is 32.9 Å². The molecule has 2 aliphatic heterocycles. The van der Waals surface area contributed by atoms with Gasteiger partial charge in [-0.05, 0) is 36.4 Å². The number of nitro groups is 1. The number of nitrogens with one attached hydrogen (secondary N) is 1. The number of amides is 1. The second kappa shape index (κ2) is 8.28. The third-order valence-electron chi connectivity index (χ3n) is 4.16. The number of thioether (sulfide) groups is 1. The molecule has 0 unspecified atom stereocenters. The first-order valence-corrected chi connectivity index (χ1v) is 10.5. The number of carbonyl (C=O) groups is 1. The maximum Gasteiger partial charge on any atom is 0.433 e. The number of rotatable bonds is 5. The zero-order valence-electron chi connectivity index (χ0n) is 15.3. The molecule has 0 saturated carbocycles. The minimum Gasteiger partial charge on any atom is -0.401 e. The number of halogens is 1. The number of carbonyl (C=O) groups excluding carboxylic acids is 1. The Labute approximate surface area is 182 Å². The molecular formula is C19H14BrN5O4S. The quantitative estimate of drug-likeness (QED) is 0.393. The molecule has 4 rings (SSSR count). The third-order valence-corrected chi connectivity index (χ3v) is 5.51. The Balaban J connectivity index is 1.78. The van der Waals surface area contributed by atoms with E-state index in [2.05, 4.69) is 37.9 Å². The summed E-state index contributed by atoms with van der Waals surface area (Å²) in [4.78, 5) is 27.8. The lowest BCUT2D eigenvalue weighted by Crippen LogP contribution is -2.52. The van der Waals surface area contributed by atoms with Crippen LogP contribution < -0.4 is 15.9 Å². The summed E-state index contributed by atoms with van der Waals surface area (Å²) in [5, 5.41) is 21.4. The molecule has 1 atom stereocenters. The Hall–Kier alpha value is -3.18. The number of hydrazone groups is 1. The summed E-state index contributed by atoms with van der Waals surface area (Å²) in [7, 11) is 0. The number of fused-ring (bicyclic) bond motifs is 2. The van der Waals surface area contributed by atoms with Gasteiger partial charge in [-0.3, -0.25) is 25.2 Å². The van der Waals surface area contributed by atoms with Crippen LogP contribution in [0, 0.1) is 10.1 Å². The molecule has 2 aromatic rings. The molecule has 11 heteroatoms. The Morgan fingerprint density at radius 1 is 1.40 bits per heavy atom. The van der Waals surface area contributed by atoms with E-state index in [-0.39, 0.29) is 11.8 Å². The smallest absolute Gasteiger partial charge is 0.401 e. The van der Waals surface area contributed by atoms with Crippen molar-refractivity contribution in [1.82, 2.24) is 10.3 Å². The van der Waals surface area contributed by atoms with Gasteiger partial charge in [-0.15, -0.1) is 11.7 Å². The van der Waals surface area contributed by atoms with Gasteiger partial charge in [-0.1, -0.05) is 33.8 Å². The number of hydrogen-bond acceptors (Lipinski definition) is 8. The predicted octanol–water partition coefficient (Wildman–Crippen LogP) is 2.35. The van der Waals surface area contributed by atoms with Crippen LogP contribution in [0.1, 0.15) is 5.76 Å². The molecule has 152 valence electrons. The van der Waals surface area contributed by atoms with E-state index in [9.17, 15) is 14.9 Å². The number of furan rings is 1. The normalized spacial score (nSPS) is 17.7. The SMILES string of the molecule is C=CCSC1=NN2C(=c3cc(Br)ccc3=N[C@@H]2/C=C/c2ccc([N+](=O)[O-])o2)C(=O)N1. The average Bonchev–Trinajstić information content (AvgIpc) is 3.20. The number of benzene rings is 1. The molecule has 0 saturated heterocycles. The van der Waals surface area contributed by atoms with Crippen LogP contribution in [0.4, 0.5) is 5.88 Å². The first kappa shape index (κ1) is 20.1. The molecule has 9 nitrogen and oxygen atoms in total. The number of hydrogen-bond donors (Lipinski definition) is 1. The van der Waals surface area contributed by atoms with Crippen molar-refractivity contribution in [1.29, 1.82) is 0 Å². The van der Waals surface area contributed by atoms with Gasteiger partial charge in [-0.25, -0.2) is 5.01 Å². The van der Waals surface area contributed by atoms with E-state index in [0.717, 1.165) is 4.47 Å². The highest BCUT2D eigenvalue weighted by Gasteiger charge is 2.32. The molecule has 0 aliphatic carbocycles. The highest BCUT2D eigenvalue weighted by atomic mass is 79.9. The van der Waals surface area contributed by atoms with Crippen molar-refractivity contribution in [3.63, 3.8) is 0 Å². The van der Waals surface area contributed by atoms with Gasteiger partial charge in [0.1, 0.15) is 16.4 Å². The molecule has 2 aliphatic rings. The van der Waals surface area contributed by atoms with Gasteiger partial charge in [0, 0.05) is 15.4 Å². The fourth-order valence-electron chi connectivity index (χ4n) is 2.92. The molecule has 0 radical (unpaired) electrons. The molecule has 0 bridgehead atoms. The van der Waals surface area contributed by atoms with Gasteiger partial charge < -0.3 is 4.42 Å². The minimum atomic E-state index is -0.636. The van der Waals surface area contributed by atoms with Crippen LogP contribution >= 0.6 is 27.7 Å². The Morgan fingerprint density at radius 3 is 2.97 bits per heavy atom. The van der Waals surface area contributed by atoms with Gasteiger partial charge in [0.2, 0.25) is 0 Å². The zero-order valence-corrected chi connectivity index (χ0v) is 17.7. The van der Waals surface area contributed by atoms with Crippen LogP contribution in [0.2, 0.25) is 0 Å². The number of amidine groups is 1. The van der Waals surface area contributed by atoms with E-state index < -0.39 is 11.1 Å². The molecule has 1 amide bonds. The minimum absolute atomic E-state index is 0.294. The van der Waals surface area contributed by atoms with E-state index >= 15 is 0 Å². The maximum atomic E-state index is 12.9. The summed E-state index contributed by atoms with van der Waals surface area (Å²) < 4.78 is 5.97. The van der Waals surface area contributed by atoms with Crippen molar-refractivity contribution in [3.05, 3.63) is 80.0 Å². The zero-order chi connectivity index (χ0) is 21.3. The van der Waals surface area contributed by atoms with Crippen LogP contribution in [0.5, 0.6) is 0 Å². The van der Waals surface area contributed by atoms with E-state index in [0.29, 0.717) is 33.0 Å². The lowest BCUT2D eigenvalue weighted by molar-refractivity contribution is -0.402. The monoisotopic (exact) mass is 487 g/mol. The van der Waals surface area contributed by atoms with Crippen molar-refractivity contribution < 1.29 is 14.1 Å². The molecule has 0 spiro atoms. The standard InChI is InChI=1S/C19H14BrN5O4S/c1-2-9-30-19-22-18(26)17-13-10-11(20)3-6-14(13)21-15(24(17)23-19)7-4-12-5-8-16(29-12)25(27)28/h2-8,10,15H,1,9H2,(H,22,23,26)/b7-4+/t15-/m0/s1. The van der Waals surface area contributed by atoms with E-state index in [1.165, 1.54) is 28.9 Å². The van der Waals surface area contributed by atoms with Crippen molar-refractivity contribution in [2.24, 2.45) is 10.1 Å². The summed E-state index contributed by atoms with van der Waals surface area (Å²) in [5.41, 5.74) is 0.365. The van der Waals surface area contributed by atoms with Crippen molar-refractivity contribution in [2.75, 3.05) is 5.75 Å². The predicted molar refractivity (Wildman–Crippen MR) is 117 cm³/mol. The first-order chi connectivity index (χ1) is 14.5. The van der Waals surface area contributed by atoms with Crippen LogP contribution in [0.3, 0.4) is 0 Å². The Bertz CT molecular complexity index is 1240. The highest BCUT2D eigenvalue weighted by molar-refractivity contribution is 9.10.